The van der Waals surface area contributed by atoms with Crippen molar-refractivity contribution >= 4 is 15.2 Å². The van der Waals surface area contributed by atoms with Crippen molar-refractivity contribution in [2.75, 3.05) is 6.16 Å². The van der Waals surface area contributed by atoms with Gasteiger partial charge in [0.05, 0.1) is 6.16 Å². The molecule has 2 unspecified atom stereocenters. The molecule has 0 bridgehead atoms. The van der Waals surface area contributed by atoms with Crippen molar-refractivity contribution in [2.24, 2.45) is 0 Å². The molecule has 0 N–H and O–H groups in total. The van der Waals surface area contributed by atoms with Crippen LogP contribution >= 0.6 is 9.24 Å². The zero-order chi connectivity index (χ0) is 8.69. The molecule has 11 heavy (non-hydrogen) atoms. The van der Waals surface area contributed by atoms with E-state index in [1.807, 2.05) is 6.92 Å². The Balaban J connectivity index is 3.58. The van der Waals surface area contributed by atoms with Crippen LogP contribution in [0.2, 0.25) is 0 Å². The van der Waals surface area contributed by atoms with Gasteiger partial charge in [0, 0.05) is 0 Å². The summed E-state index contributed by atoms with van der Waals surface area (Å²) in [4.78, 5) is 10.8. The third-order valence-corrected chi connectivity index (χ3v) is 1.86. The summed E-state index contributed by atoms with van der Waals surface area (Å²) in [6.07, 6.45) is 3.51. The van der Waals surface area contributed by atoms with E-state index >= 15 is 0 Å². The van der Waals surface area contributed by atoms with E-state index in [2.05, 4.69) is 16.2 Å². The number of rotatable bonds is 5. The number of hydrogen-bond donors (Lipinski definition) is 0. The fourth-order valence-electron chi connectivity index (χ4n) is 0.902. The van der Waals surface area contributed by atoms with Gasteiger partial charge in [-0.1, -0.05) is 20.3 Å². The first-order valence-electron chi connectivity index (χ1n) is 4.14. The minimum Gasteiger partial charge on any atom is -0.462 e. The van der Waals surface area contributed by atoms with Gasteiger partial charge in [-0.2, -0.15) is 0 Å². The first-order chi connectivity index (χ1) is 5.24. The summed E-state index contributed by atoms with van der Waals surface area (Å²) in [5, 5.41) is 0. The van der Waals surface area contributed by atoms with Crippen molar-refractivity contribution in [3.05, 3.63) is 0 Å². The quantitative estimate of drug-likeness (QED) is 0.473. The molecule has 0 saturated carbocycles. The second-order valence-corrected chi connectivity index (χ2v) is 2.92. The molecule has 66 valence electrons. The Morgan fingerprint density at radius 3 is 2.55 bits per heavy atom. The molecule has 0 aromatic heterocycles. The number of esters is 1. The van der Waals surface area contributed by atoms with Crippen LogP contribution in [0.4, 0.5) is 0 Å². The molecule has 0 aliphatic rings. The first kappa shape index (κ1) is 10.9. The van der Waals surface area contributed by atoms with Crippen molar-refractivity contribution < 1.29 is 9.53 Å². The van der Waals surface area contributed by atoms with Crippen LogP contribution in [0.3, 0.4) is 0 Å². The molecule has 0 radical (unpaired) electrons. The summed E-state index contributed by atoms with van der Waals surface area (Å²) in [5.41, 5.74) is 0. The maximum Gasteiger partial charge on any atom is 0.309 e. The summed E-state index contributed by atoms with van der Waals surface area (Å²) in [6.45, 7) is 4.13. The van der Waals surface area contributed by atoms with Crippen molar-refractivity contribution in [2.45, 2.75) is 39.2 Å². The van der Waals surface area contributed by atoms with Crippen LogP contribution in [0.1, 0.15) is 33.1 Å². The lowest BCUT2D eigenvalue weighted by Gasteiger charge is -2.13. The summed E-state index contributed by atoms with van der Waals surface area (Å²) in [7, 11) is 2.37. The van der Waals surface area contributed by atoms with E-state index in [0.29, 0.717) is 6.16 Å². The monoisotopic (exact) mass is 176 g/mol. The second kappa shape index (κ2) is 6.60. The number of hydrogen-bond acceptors (Lipinski definition) is 2. The van der Waals surface area contributed by atoms with E-state index in [1.54, 1.807) is 0 Å². The normalized spacial score (nSPS) is 12.6. The van der Waals surface area contributed by atoms with Crippen molar-refractivity contribution in [1.29, 1.82) is 0 Å². The maximum absolute atomic E-state index is 10.8. The molecule has 2 atom stereocenters. The number of ether oxygens (including phenoxy) is 1. The Bertz CT molecular complexity index is 115. The average Bonchev–Trinajstić information content (AvgIpc) is 2.03. The van der Waals surface area contributed by atoms with E-state index in [-0.39, 0.29) is 12.1 Å². The highest BCUT2D eigenvalue weighted by Crippen LogP contribution is 2.06. The van der Waals surface area contributed by atoms with Crippen LogP contribution in [0, 0.1) is 0 Å². The fraction of sp³-hybridized carbons (Fsp3) is 0.875. The van der Waals surface area contributed by atoms with E-state index in [0.717, 1.165) is 19.3 Å². The summed E-state index contributed by atoms with van der Waals surface area (Å²) < 4.78 is 5.13. The van der Waals surface area contributed by atoms with Crippen molar-refractivity contribution in [1.82, 2.24) is 0 Å². The number of carbonyl (C=O) groups excluding carboxylic acids is 1. The van der Waals surface area contributed by atoms with Crippen LogP contribution in [0.5, 0.6) is 0 Å². The molecule has 0 fully saturated rings. The zero-order valence-electron chi connectivity index (χ0n) is 7.30. The lowest BCUT2D eigenvalue weighted by atomic mass is 10.2. The van der Waals surface area contributed by atoms with E-state index in [1.165, 1.54) is 0 Å². The van der Waals surface area contributed by atoms with Crippen molar-refractivity contribution in [3.63, 3.8) is 0 Å². The van der Waals surface area contributed by atoms with Gasteiger partial charge in [-0.15, -0.1) is 9.24 Å². The molecule has 0 saturated heterocycles. The Morgan fingerprint density at radius 2 is 2.18 bits per heavy atom. The molecule has 0 aromatic carbocycles. The van der Waals surface area contributed by atoms with Crippen LogP contribution in [0.25, 0.3) is 0 Å². The van der Waals surface area contributed by atoms with Gasteiger partial charge in [-0.3, -0.25) is 4.79 Å². The van der Waals surface area contributed by atoms with Gasteiger partial charge in [0.25, 0.3) is 0 Å². The highest BCUT2D eigenvalue weighted by Gasteiger charge is 2.08. The number of carbonyl (C=O) groups is 1. The molecule has 0 spiro atoms. The second-order valence-electron chi connectivity index (χ2n) is 2.51. The van der Waals surface area contributed by atoms with Gasteiger partial charge in [0.2, 0.25) is 0 Å². The lowest BCUT2D eigenvalue weighted by molar-refractivity contribution is -0.146. The van der Waals surface area contributed by atoms with E-state index in [9.17, 15) is 4.79 Å². The predicted molar refractivity (Wildman–Crippen MR) is 49.7 cm³/mol. The molecule has 0 rings (SSSR count). The Hall–Kier alpha value is -0.100. The van der Waals surface area contributed by atoms with Crippen LogP contribution in [-0.2, 0) is 9.53 Å². The molecule has 0 aromatic rings. The molecule has 0 heterocycles. The molecule has 2 nitrogen and oxygen atoms in total. The molecule has 0 amide bonds. The van der Waals surface area contributed by atoms with Gasteiger partial charge in [-0.25, -0.2) is 0 Å². The van der Waals surface area contributed by atoms with Gasteiger partial charge >= 0.3 is 5.97 Å². The Morgan fingerprint density at radius 1 is 1.55 bits per heavy atom. The minimum absolute atomic E-state index is 0.115. The Labute approximate surface area is 70.9 Å². The zero-order valence-corrected chi connectivity index (χ0v) is 8.45. The van der Waals surface area contributed by atoms with Gasteiger partial charge in [-0.05, 0) is 12.8 Å². The summed E-state index contributed by atoms with van der Waals surface area (Å²) >= 11 is 0. The predicted octanol–water partition coefficient (Wildman–Crippen LogP) is 1.98. The van der Waals surface area contributed by atoms with Crippen LogP contribution < -0.4 is 0 Å². The first-order valence-corrected chi connectivity index (χ1v) is 4.95. The summed E-state index contributed by atoms with van der Waals surface area (Å²) in [6, 6.07) is 0. The molecule has 0 aliphatic heterocycles. The molecular formula is C8H17O2P. The Kier molecular flexibility index (Phi) is 6.54. The molecule has 3 heteroatoms. The van der Waals surface area contributed by atoms with Crippen LogP contribution in [-0.4, -0.2) is 18.2 Å². The summed E-state index contributed by atoms with van der Waals surface area (Å²) in [5.74, 6) is -0.115. The fourth-order valence-corrected chi connectivity index (χ4v) is 0.999. The third kappa shape index (κ3) is 5.20. The highest BCUT2D eigenvalue weighted by atomic mass is 31.0. The van der Waals surface area contributed by atoms with Crippen molar-refractivity contribution in [3.8, 4) is 0 Å². The highest BCUT2D eigenvalue weighted by molar-refractivity contribution is 7.18. The van der Waals surface area contributed by atoms with E-state index < -0.39 is 0 Å². The van der Waals surface area contributed by atoms with Gasteiger partial charge in [0.15, 0.2) is 0 Å². The smallest absolute Gasteiger partial charge is 0.309 e. The topological polar surface area (TPSA) is 26.3 Å². The molecular weight excluding hydrogens is 159 g/mol. The van der Waals surface area contributed by atoms with Gasteiger partial charge < -0.3 is 4.74 Å². The minimum atomic E-state index is -0.115. The maximum atomic E-state index is 10.8. The van der Waals surface area contributed by atoms with Gasteiger partial charge in [0.1, 0.15) is 6.10 Å². The standard InChI is InChI=1S/C8H17O2P/c1-3-5-7(4-2)10-8(9)6-11/h7H,3-6,11H2,1-2H3. The van der Waals surface area contributed by atoms with Crippen LogP contribution in [0.15, 0.2) is 0 Å². The lowest BCUT2D eigenvalue weighted by Crippen LogP contribution is -2.17. The molecule has 0 aliphatic carbocycles. The SMILES string of the molecule is CCCC(CC)OC(=O)CP. The largest absolute Gasteiger partial charge is 0.462 e. The third-order valence-electron chi connectivity index (χ3n) is 1.53. The average molecular weight is 176 g/mol. The van der Waals surface area contributed by atoms with E-state index in [4.69, 9.17) is 4.74 Å².